The lowest BCUT2D eigenvalue weighted by Gasteiger charge is -2.15. The smallest absolute Gasteiger partial charge is 0.335 e. The zero-order chi connectivity index (χ0) is 42.0. The van der Waals surface area contributed by atoms with Crippen LogP contribution in [0, 0.1) is 0 Å². The zero-order valence-electron chi connectivity index (χ0n) is 34.1. The van der Waals surface area contributed by atoms with Crippen molar-refractivity contribution < 1.29 is 48.0 Å². The Labute approximate surface area is 360 Å². The summed E-state index contributed by atoms with van der Waals surface area (Å²) in [7, 11) is 0. The Hall–Kier alpha value is -4.50. The van der Waals surface area contributed by atoms with Gasteiger partial charge in [-0.25, -0.2) is 9.59 Å². The van der Waals surface area contributed by atoms with Crippen molar-refractivity contribution in [1.82, 2.24) is 9.97 Å². The third kappa shape index (κ3) is 19.3. The summed E-state index contributed by atoms with van der Waals surface area (Å²) in [4.78, 5) is 55.0. The number of carbonyl (C=O) groups excluding carboxylic acids is 4. The highest BCUT2D eigenvalue weighted by Crippen LogP contribution is 2.16. The van der Waals surface area contributed by atoms with Gasteiger partial charge in [0.05, 0.1) is 18.5 Å². The number of rotatable bonds is 20. The molecule has 0 amide bonds. The minimum atomic E-state index is -0.629. The van der Waals surface area contributed by atoms with Crippen LogP contribution in [0.1, 0.15) is 84.8 Å². The number of phenolic OH excluding ortho intramolecular Hbond substituents is 1. The van der Waals surface area contributed by atoms with Crippen LogP contribution in [0.15, 0.2) is 85.2 Å². The summed E-state index contributed by atoms with van der Waals surface area (Å²) in [6.07, 6.45) is 4.95. The molecular formula is C44H56Br2N2O10. The molecule has 2 heterocycles. The Morgan fingerprint density at radius 3 is 1.36 bits per heavy atom. The van der Waals surface area contributed by atoms with Gasteiger partial charge in [0.15, 0.2) is 24.6 Å². The summed E-state index contributed by atoms with van der Waals surface area (Å²) in [5.41, 5.74) is 5.01. The number of hydrogen-bond acceptors (Lipinski definition) is 12. The van der Waals surface area contributed by atoms with E-state index in [0.717, 1.165) is 35.1 Å². The highest BCUT2D eigenvalue weighted by Gasteiger charge is 2.21. The highest BCUT2D eigenvalue weighted by atomic mass is 79.9. The molecule has 14 heteroatoms. The van der Waals surface area contributed by atoms with E-state index in [4.69, 9.17) is 28.8 Å². The number of esters is 2. The molecule has 0 unspecified atom stereocenters. The topological polar surface area (TPSA) is 160 Å². The minimum Gasteiger partial charge on any atom is -0.508 e. The summed E-state index contributed by atoms with van der Waals surface area (Å²) in [5.74, 6) is -0.0772. The Kier molecular flexibility index (Phi) is 26.4. The third-order valence-electron chi connectivity index (χ3n) is 8.07. The normalized spacial score (nSPS) is 11.2. The van der Waals surface area contributed by atoms with Crippen LogP contribution < -0.4 is 4.74 Å². The molecule has 0 spiro atoms. The lowest BCUT2D eigenvalue weighted by atomic mass is 10.1. The van der Waals surface area contributed by atoms with E-state index >= 15 is 0 Å². The van der Waals surface area contributed by atoms with Crippen molar-refractivity contribution >= 4 is 56.4 Å². The molecule has 0 bridgehead atoms. The molecule has 0 saturated carbocycles. The van der Waals surface area contributed by atoms with Crippen LogP contribution in [0.5, 0.6) is 11.5 Å². The molecule has 0 fully saturated rings. The van der Waals surface area contributed by atoms with Crippen LogP contribution >= 0.6 is 32.9 Å². The van der Waals surface area contributed by atoms with Crippen LogP contribution in [0.4, 0.5) is 0 Å². The predicted octanol–water partition coefficient (Wildman–Crippen LogP) is 8.12. The average molecular weight is 933 g/mol. The van der Waals surface area contributed by atoms with Crippen LogP contribution in [0.2, 0.25) is 0 Å². The number of nitrogens with zero attached hydrogens (tertiary/aromatic N) is 2. The van der Waals surface area contributed by atoms with Crippen molar-refractivity contribution in [2.45, 2.75) is 79.4 Å². The maximum Gasteiger partial charge on any atom is 0.335 e. The van der Waals surface area contributed by atoms with Gasteiger partial charge in [-0.3, -0.25) is 19.6 Å². The van der Waals surface area contributed by atoms with Gasteiger partial charge in [0.1, 0.15) is 22.9 Å². The first-order valence-corrected chi connectivity index (χ1v) is 20.2. The Morgan fingerprint density at radius 1 is 0.586 bits per heavy atom. The zero-order valence-corrected chi connectivity index (χ0v) is 37.4. The molecular weight excluding hydrogens is 876 g/mol. The van der Waals surface area contributed by atoms with E-state index in [-0.39, 0.29) is 52.8 Å². The summed E-state index contributed by atoms with van der Waals surface area (Å²) in [6.45, 7) is 12.8. The fourth-order valence-electron chi connectivity index (χ4n) is 4.96. The fraction of sp³-hybridized carbons (Fsp3) is 0.409. The van der Waals surface area contributed by atoms with Crippen molar-refractivity contribution in [2.75, 3.05) is 38.4 Å². The molecule has 2 aromatic heterocycles. The van der Waals surface area contributed by atoms with E-state index in [1.165, 1.54) is 0 Å². The average Bonchev–Trinajstić information content (AvgIpc) is 3.24. The van der Waals surface area contributed by atoms with E-state index < -0.39 is 12.2 Å². The van der Waals surface area contributed by atoms with E-state index in [1.54, 1.807) is 74.8 Å². The molecule has 4 aromatic rings. The Morgan fingerprint density at radius 2 is 1.00 bits per heavy atom. The Balaban J connectivity index is 0.000000476. The largest absolute Gasteiger partial charge is 0.508 e. The number of aromatic nitrogens is 2. The van der Waals surface area contributed by atoms with Crippen molar-refractivity contribution in [3.8, 4) is 11.5 Å². The SMILES string of the molecule is Br.CCOC(=O)[C@@H](Cc1ccc(O)cc1)OCC.CCOC(=O)[C@@H](Cc1ccc(OCC(=O)c2ccc(CC)cn2)cc1)OCC.CCc1ccc(C(=O)CBr)nc1. The molecule has 12 nitrogen and oxygen atoms in total. The molecule has 2 atom stereocenters. The first kappa shape index (κ1) is 51.5. The van der Waals surface area contributed by atoms with Gasteiger partial charge in [0, 0.05) is 38.4 Å². The third-order valence-corrected chi connectivity index (χ3v) is 8.57. The van der Waals surface area contributed by atoms with Crippen molar-refractivity contribution in [1.29, 1.82) is 0 Å². The quantitative estimate of drug-likeness (QED) is 0.0516. The lowest BCUT2D eigenvalue weighted by molar-refractivity contribution is -0.157. The number of benzene rings is 2. The summed E-state index contributed by atoms with van der Waals surface area (Å²) in [5, 5.41) is 9.50. The molecule has 0 radical (unpaired) electrons. The number of halogens is 2. The highest BCUT2D eigenvalue weighted by molar-refractivity contribution is 9.09. The number of aryl methyl sites for hydroxylation is 2. The number of Topliss-reactive ketones (excluding diaryl/α,β-unsaturated/α-hetero) is 2. The minimum absolute atomic E-state index is 0. The Bertz CT molecular complexity index is 1770. The molecule has 58 heavy (non-hydrogen) atoms. The summed E-state index contributed by atoms with van der Waals surface area (Å²) < 4.78 is 26.4. The van der Waals surface area contributed by atoms with Gasteiger partial charge in [-0.1, -0.05) is 66.2 Å². The number of hydrogen-bond donors (Lipinski definition) is 1. The molecule has 1 N–H and O–H groups in total. The molecule has 4 rings (SSSR count). The van der Waals surface area contributed by atoms with Gasteiger partial charge in [0.25, 0.3) is 0 Å². The maximum atomic E-state index is 12.2. The van der Waals surface area contributed by atoms with Crippen molar-refractivity contribution in [3.05, 3.63) is 119 Å². The predicted molar refractivity (Wildman–Crippen MR) is 232 cm³/mol. The van der Waals surface area contributed by atoms with Crippen LogP contribution in [0.25, 0.3) is 0 Å². The number of ether oxygens (including phenoxy) is 5. The monoisotopic (exact) mass is 930 g/mol. The van der Waals surface area contributed by atoms with Gasteiger partial charge in [-0.2, -0.15) is 0 Å². The van der Waals surface area contributed by atoms with Crippen LogP contribution in [0.3, 0.4) is 0 Å². The molecule has 0 saturated heterocycles. The molecule has 0 aliphatic rings. The first-order chi connectivity index (χ1) is 27.5. The second kappa shape index (κ2) is 29.7. The van der Waals surface area contributed by atoms with Crippen LogP contribution in [-0.4, -0.2) is 89.2 Å². The number of carbonyl (C=O) groups is 4. The number of pyridine rings is 2. The van der Waals surface area contributed by atoms with E-state index in [2.05, 4.69) is 32.8 Å². The number of phenols is 1. The lowest BCUT2D eigenvalue weighted by Crippen LogP contribution is -2.28. The number of alkyl halides is 1. The maximum absolute atomic E-state index is 12.2. The summed E-state index contributed by atoms with van der Waals surface area (Å²) in [6, 6.07) is 21.2. The number of aromatic hydroxyl groups is 1. The van der Waals surface area contributed by atoms with Gasteiger partial charge in [-0.05, 0) is 99.2 Å². The second-order valence-electron chi connectivity index (χ2n) is 12.2. The number of ketones is 2. The standard InChI is InChI=1S/C22H27NO5.C13H18O4.C9H10BrNO.BrH/c1-4-16-9-12-19(23-14-16)20(24)15-28-18-10-7-17(8-11-18)13-21(26-5-2)22(25)27-6-3;1-3-16-12(13(15)17-4-2)9-10-5-7-11(14)8-6-10;1-2-7-3-4-8(11-6-7)9(12)5-10;/h7-12,14,21H,4-6,13,15H2,1-3H3;5-8,12,14H,3-4,9H2,1-2H3;3-4,6H,2,5H2,1H3;1H/t21-;12-;;/m11../s1. The van der Waals surface area contributed by atoms with Crippen LogP contribution in [-0.2, 0) is 54.2 Å². The second-order valence-corrected chi connectivity index (χ2v) is 12.8. The van der Waals surface area contributed by atoms with Gasteiger partial charge < -0.3 is 28.8 Å². The molecule has 2 aromatic carbocycles. The van der Waals surface area contributed by atoms with Gasteiger partial charge in [0.2, 0.25) is 5.78 Å². The molecule has 316 valence electrons. The van der Waals surface area contributed by atoms with E-state index in [9.17, 15) is 19.2 Å². The van der Waals surface area contributed by atoms with Gasteiger partial charge in [-0.15, -0.1) is 17.0 Å². The first-order valence-electron chi connectivity index (χ1n) is 19.1. The fourth-order valence-corrected chi connectivity index (χ4v) is 5.25. The van der Waals surface area contributed by atoms with Crippen molar-refractivity contribution in [2.24, 2.45) is 0 Å². The van der Waals surface area contributed by atoms with E-state index in [1.807, 2.05) is 45.0 Å². The van der Waals surface area contributed by atoms with Gasteiger partial charge >= 0.3 is 11.9 Å². The molecule has 0 aliphatic heterocycles. The summed E-state index contributed by atoms with van der Waals surface area (Å²) >= 11 is 3.10. The molecule has 0 aliphatic carbocycles. The van der Waals surface area contributed by atoms with E-state index in [0.29, 0.717) is 61.7 Å². The van der Waals surface area contributed by atoms with Crippen molar-refractivity contribution in [3.63, 3.8) is 0 Å².